The van der Waals surface area contributed by atoms with Crippen LogP contribution in [-0.4, -0.2) is 67.0 Å². The number of aryl methyl sites for hydroxylation is 3. The van der Waals surface area contributed by atoms with E-state index in [1.165, 1.54) is 22.5 Å². The number of pyridine rings is 1. The molecule has 2 aliphatic rings. The monoisotopic (exact) mass is 459 g/mol. The fraction of sp³-hybridized carbons (Fsp3) is 0.556. The molecule has 0 radical (unpaired) electrons. The van der Waals surface area contributed by atoms with Crippen molar-refractivity contribution in [3.63, 3.8) is 0 Å². The molecule has 1 aliphatic carbocycles. The van der Waals surface area contributed by atoms with E-state index in [1.807, 2.05) is 12.4 Å². The van der Waals surface area contributed by atoms with Gasteiger partial charge in [-0.2, -0.15) is 0 Å². The third-order valence-electron chi connectivity index (χ3n) is 7.20. The van der Waals surface area contributed by atoms with Gasteiger partial charge in [0.25, 0.3) is 0 Å². The molecule has 0 spiro atoms. The highest BCUT2D eigenvalue weighted by molar-refractivity contribution is 5.65. The molecule has 7 nitrogen and oxygen atoms in total. The molecule has 7 heteroatoms. The van der Waals surface area contributed by atoms with Gasteiger partial charge in [0.15, 0.2) is 0 Å². The Morgan fingerprint density at radius 2 is 1.71 bits per heavy atom. The van der Waals surface area contributed by atoms with Gasteiger partial charge in [0.05, 0.1) is 23.5 Å². The molecule has 0 aromatic carbocycles. The molecule has 3 aromatic heterocycles. The first-order chi connectivity index (χ1) is 16.6. The summed E-state index contributed by atoms with van der Waals surface area (Å²) >= 11 is 0. The van der Waals surface area contributed by atoms with Crippen LogP contribution in [0.3, 0.4) is 0 Å². The lowest BCUT2D eigenvalue weighted by Gasteiger charge is -2.33. The van der Waals surface area contributed by atoms with Gasteiger partial charge in [-0.15, -0.1) is 0 Å². The van der Waals surface area contributed by atoms with E-state index < -0.39 is 0 Å². The smallest absolute Gasteiger partial charge is 0.134 e. The molecule has 4 heterocycles. The van der Waals surface area contributed by atoms with E-state index in [0.29, 0.717) is 12.5 Å². The molecule has 0 unspecified atom stereocenters. The van der Waals surface area contributed by atoms with E-state index in [2.05, 4.69) is 54.2 Å². The summed E-state index contributed by atoms with van der Waals surface area (Å²) in [6, 6.07) is 4.71. The third-order valence-corrected chi connectivity index (χ3v) is 7.20. The Labute approximate surface area is 203 Å². The van der Waals surface area contributed by atoms with E-state index in [-0.39, 0.29) is 0 Å². The maximum atomic E-state index is 5.05. The number of hydrogen-bond acceptors (Lipinski definition) is 6. The van der Waals surface area contributed by atoms with E-state index in [1.54, 1.807) is 0 Å². The Morgan fingerprint density at radius 3 is 2.38 bits per heavy atom. The predicted molar refractivity (Wildman–Crippen MR) is 135 cm³/mol. The minimum atomic E-state index is 0.356. The number of likely N-dealkylation sites (N-methyl/N-ethyl adjacent to an activating group) is 1. The molecule has 0 atom stereocenters. The van der Waals surface area contributed by atoms with E-state index in [9.17, 15) is 0 Å². The van der Waals surface area contributed by atoms with Crippen molar-refractivity contribution < 1.29 is 0 Å². The Hall–Kier alpha value is -2.64. The summed E-state index contributed by atoms with van der Waals surface area (Å²) in [5.41, 5.74) is 6.97. The summed E-state index contributed by atoms with van der Waals surface area (Å²) in [6.07, 6.45) is 7.56. The number of hydrogen-bond donors (Lipinski definition) is 0. The van der Waals surface area contributed by atoms with Crippen LogP contribution in [-0.2, 0) is 32.2 Å². The molecule has 0 bridgehead atoms. The lowest BCUT2D eigenvalue weighted by atomic mass is 9.97. The van der Waals surface area contributed by atoms with Crippen LogP contribution in [0.4, 0.5) is 0 Å². The summed E-state index contributed by atoms with van der Waals surface area (Å²) < 4.78 is 2.37. The molecule has 3 aromatic rings. The van der Waals surface area contributed by atoms with Crippen molar-refractivity contribution in [2.75, 3.05) is 32.7 Å². The van der Waals surface area contributed by atoms with Crippen molar-refractivity contribution in [3.05, 3.63) is 58.7 Å². The summed E-state index contributed by atoms with van der Waals surface area (Å²) in [6.45, 7) is 15.6. The predicted octanol–water partition coefficient (Wildman–Crippen LogP) is 3.71. The quantitative estimate of drug-likeness (QED) is 0.537. The summed E-state index contributed by atoms with van der Waals surface area (Å²) in [5.74, 6) is 1.98. The van der Waals surface area contributed by atoms with Crippen LogP contribution in [0.1, 0.15) is 67.9 Å². The Bertz CT molecular complexity index is 1120. The van der Waals surface area contributed by atoms with Crippen LogP contribution in [0.25, 0.3) is 11.4 Å². The minimum absolute atomic E-state index is 0.356. The molecule has 0 N–H and O–H groups in total. The van der Waals surface area contributed by atoms with Crippen LogP contribution < -0.4 is 0 Å². The molecular formula is C27H37N7. The Balaban J connectivity index is 1.32. The molecule has 5 rings (SSSR count). The number of nitrogens with zero attached hydrogens (tertiary/aromatic N) is 7. The fourth-order valence-corrected chi connectivity index (χ4v) is 5.27. The highest BCUT2D eigenvalue weighted by Crippen LogP contribution is 2.34. The van der Waals surface area contributed by atoms with Crippen LogP contribution >= 0.6 is 0 Å². The zero-order valence-corrected chi connectivity index (χ0v) is 21.1. The zero-order chi connectivity index (χ0) is 23.7. The minimum Gasteiger partial charge on any atom is -0.324 e. The van der Waals surface area contributed by atoms with Crippen LogP contribution in [0, 0.1) is 0 Å². The second-order valence-corrected chi connectivity index (χ2v) is 9.85. The third kappa shape index (κ3) is 4.64. The molecule has 0 amide bonds. The number of fused-ring (bicyclic) bond motifs is 3. The molecule has 34 heavy (non-hydrogen) atoms. The molecular weight excluding hydrogens is 422 g/mol. The lowest BCUT2D eigenvalue weighted by Crippen LogP contribution is -2.45. The molecule has 180 valence electrons. The second kappa shape index (κ2) is 9.92. The first-order valence-electron chi connectivity index (χ1n) is 12.9. The SMILES string of the molecule is CCc1nc2c(n1C(C)C)-c1nc(Cc3ccc(CN4CCN(CC)CC4)cn3)ncc1CC2. The maximum Gasteiger partial charge on any atom is 0.134 e. The maximum absolute atomic E-state index is 5.05. The summed E-state index contributed by atoms with van der Waals surface area (Å²) in [5, 5.41) is 0. The summed E-state index contributed by atoms with van der Waals surface area (Å²) in [7, 11) is 0. The van der Waals surface area contributed by atoms with Crippen molar-refractivity contribution in [1.29, 1.82) is 0 Å². The van der Waals surface area contributed by atoms with Gasteiger partial charge >= 0.3 is 0 Å². The highest BCUT2D eigenvalue weighted by Gasteiger charge is 2.27. The number of rotatable bonds is 7. The van der Waals surface area contributed by atoms with Crippen LogP contribution in [0.15, 0.2) is 24.5 Å². The van der Waals surface area contributed by atoms with Gasteiger partial charge in [-0.1, -0.05) is 19.9 Å². The van der Waals surface area contributed by atoms with Gasteiger partial charge in [0.1, 0.15) is 11.6 Å². The van der Waals surface area contributed by atoms with Crippen molar-refractivity contribution in [1.82, 2.24) is 34.3 Å². The topological polar surface area (TPSA) is 63.0 Å². The average molecular weight is 460 g/mol. The Kier molecular flexibility index (Phi) is 6.75. The van der Waals surface area contributed by atoms with Gasteiger partial charge < -0.3 is 9.47 Å². The first kappa shape index (κ1) is 23.1. The fourth-order valence-electron chi connectivity index (χ4n) is 5.27. The van der Waals surface area contributed by atoms with Crippen molar-refractivity contribution >= 4 is 0 Å². The molecule has 0 saturated carbocycles. The van der Waals surface area contributed by atoms with E-state index >= 15 is 0 Å². The van der Waals surface area contributed by atoms with Crippen molar-refractivity contribution in [2.45, 2.75) is 66.0 Å². The van der Waals surface area contributed by atoms with E-state index in [4.69, 9.17) is 19.9 Å². The van der Waals surface area contributed by atoms with E-state index in [0.717, 1.165) is 81.6 Å². The second-order valence-electron chi connectivity index (χ2n) is 9.85. The largest absolute Gasteiger partial charge is 0.324 e. The van der Waals surface area contributed by atoms with Gasteiger partial charge in [0, 0.05) is 63.3 Å². The zero-order valence-electron chi connectivity index (χ0n) is 21.1. The molecule has 1 fully saturated rings. The highest BCUT2D eigenvalue weighted by atomic mass is 15.3. The van der Waals surface area contributed by atoms with Gasteiger partial charge in [-0.3, -0.25) is 9.88 Å². The molecule has 1 saturated heterocycles. The van der Waals surface area contributed by atoms with Crippen molar-refractivity contribution in [3.8, 4) is 11.4 Å². The lowest BCUT2D eigenvalue weighted by molar-refractivity contribution is 0.132. The van der Waals surface area contributed by atoms with Gasteiger partial charge in [-0.05, 0) is 50.4 Å². The number of aromatic nitrogens is 5. The van der Waals surface area contributed by atoms with Gasteiger partial charge in [0.2, 0.25) is 0 Å². The molecule has 1 aliphatic heterocycles. The van der Waals surface area contributed by atoms with Crippen LogP contribution in [0.5, 0.6) is 0 Å². The average Bonchev–Trinajstić information content (AvgIpc) is 3.25. The van der Waals surface area contributed by atoms with Crippen molar-refractivity contribution in [2.24, 2.45) is 0 Å². The number of piperazine rings is 1. The van der Waals surface area contributed by atoms with Crippen LogP contribution in [0.2, 0.25) is 0 Å². The normalized spacial score (nSPS) is 16.6. The van der Waals surface area contributed by atoms with Gasteiger partial charge in [-0.25, -0.2) is 15.0 Å². The first-order valence-corrected chi connectivity index (χ1v) is 12.9. The number of imidazole rings is 1. The standard InChI is InChI=1S/C27H37N7/c1-5-25-30-23-10-8-21-17-29-24(31-26(21)27(23)34(25)19(3)4)15-22-9-7-20(16-28-22)18-33-13-11-32(6-2)12-14-33/h7,9,16-17,19H,5-6,8,10-15,18H2,1-4H3. The Morgan fingerprint density at radius 1 is 0.912 bits per heavy atom. The summed E-state index contributed by atoms with van der Waals surface area (Å²) in [4.78, 5) is 24.5.